The molecule has 0 saturated heterocycles. The van der Waals surface area contributed by atoms with Gasteiger partial charge in [-0.05, 0) is 46.7 Å². The van der Waals surface area contributed by atoms with Crippen molar-refractivity contribution in [1.29, 1.82) is 0 Å². The van der Waals surface area contributed by atoms with E-state index in [2.05, 4.69) is 10.3 Å². The molecule has 0 amide bonds. The number of nitrogens with zero attached hydrogens (tertiary/aromatic N) is 2. The summed E-state index contributed by atoms with van der Waals surface area (Å²) in [6, 6.07) is 11.9. The maximum atomic E-state index is 12.8. The van der Waals surface area contributed by atoms with Crippen LogP contribution in [0.15, 0.2) is 47.1 Å². The van der Waals surface area contributed by atoms with Gasteiger partial charge in [-0.3, -0.25) is 4.79 Å². The monoisotopic (exact) mass is 360 g/mol. The fourth-order valence-electron chi connectivity index (χ4n) is 2.11. The Balaban J connectivity index is 1.92. The van der Waals surface area contributed by atoms with Crippen LogP contribution in [-0.4, -0.2) is 22.4 Å². The molecule has 6 nitrogen and oxygen atoms in total. The Morgan fingerprint density at radius 2 is 1.80 bits per heavy atom. The predicted molar refractivity (Wildman–Crippen MR) is 92.8 cm³/mol. The highest BCUT2D eigenvalue weighted by atomic mass is 35.5. The average Bonchev–Trinajstić information content (AvgIpc) is 3.04. The number of benzene rings is 2. The molecule has 0 N–H and O–H groups in total. The van der Waals surface area contributed by atoms with Gasteiger partial charge in [-0.2, -0.15) is 0 Å². The van der Waals surface area contributed by atoms with E-state index in [0.29, 0.717) is 27.6 Å². The van der Waals surface area contributed by atoms with Crippen LogP contribution in [0, 0.1) is 5.41 Å². The number of ether oxygens (including phenoxy) is 2. The number of fused-ring (bicyclic) bond motifs is 1. The lowest BCUT2D eigenvalue weighted by Crippen LogP contribution is -2.40. The molecule has 1 aromatic heterocycles. The Labute approximate surface area is 149 Å². The zero-order valence-corrected chi connectivity index (χ0v) is 14.8. The molecule has 1 atom stereocenters. The second kappa shape index (κ2) is 6.72. The summed E-state index contributed by atoms with van der Waals surface area (Å²) in [6.45, 7) is 5.40. The van der Waals surface area contributed by atoms with Crippen molar-refractivity contribution in [1.82, 2.24) is 10.3 Å². The zero-order chi connectivity index (χ0) is 18.0. The average molecular weight is 361 g/mol. The van der Waals surface area contributed by atoms with E-state index in [1.807, 2.05) is 0 Å². The number of hydrogen-bond acceptors (Lipinski definition) is 6. The zero-order valence-electron chi connectivity index (χ0n) is 14.0. The van der Waals surface area contributed by atoms with Crippen molar-refractivity contribution in [3.05, 3.63) is 47.5 Å². The van der Waals surface area contributed by atoms with Gasteiger partial charge in [-0.1, -0.05) is 38.4 Å². The molecule has 0 aliphatic carbocycles. The van der Waals surface area contributed by atoms with Crippen LogP contribution in [-0.2, 0) is 4.79 Å². The van der Waals surface area contributed by atoms with Crippen LogP contribution in [0.5, 0.6) is 11.5 Å². The van der Waals surface area contributed by atoms with E-state index < -0.39 is 11.7 Å². The van der Waals surface area contributed by atoms with Gasteiger partial charge in [0.15, 0.2) is 11.3 Å². The van der Waals surface area contributed by atoms with E-state index >= 15 is 0 Å². The van der Waals surface area contributed by atoms with Gasteiger partial charge in [0, 0.05) is 10.4 Å². The fraction of sp³-hybridized carbons (Fsp3) is 0.278. The second-order valence-electron chi connectivity index (χ2n) is 6.52. The summed E-state index contributed by atoms with van der Waals surface area (Å²) in [5, 5.41) is 8.16. The first-order chi connectivity index (χ1) is 11.8. The van der Waals surface area contributed by atoms with Crippen LogP contribution in [0.25, 0.3) is 11.0 Å². The number of aromatic nitrogens is 2. The van der Waals surface area contributed by atoms with Gasteiger partial charge in [-0.25, -0.2) is 4.63 Å². The Bertz CT molecular complexity index is 884. The molecule has 1 heterocycles. The largest absolute Gasteiger partial charge is 0.448 e. The number of carbonyl (C=O) groups excluding carboxylic acids is 1. The van der Waals surface area contributed by atoms with Crippen molar-refractivity contribution in [2.75, 3.05) is 0 Å². The maximum Gasteiger partial charge on any atom is 0.301 e. The van der Waals surface area contributed by atoms with Crippen molar-refractivity contribution in [2.24, 2.45) is 5.41 Å². The Kier molecular flexibility index (Phi) is 4.63. The molecule has 0 bridgehead atoms. The maximum absolute atomic E-state index is 12.8. The molecular weight excluding hydrogens is 344 g/mol. The van der Waals surface area contributed by atoms with Gasteiger partial charge in [0.05, 0.1) is 0 Å². The molecule has 0 aliphatic rings. The first-order valence-corrected chi connectivity index (χ1v) is 8.07. The quantitative estimate of drug-likeness (QED) is 0.632. The van der Waals surface area contributed by atoms with Crippen LogP contribution in [0.2, 0.25) is 5.02 Å². The van der Waals surface area contributed by atoms with Gasteiger partial charge in [-0.15, -0.1) is 0 Å². The first-order valence-electron chi connectivity index (χ1n) is 7.69. The Hall–Kier alpha value is -2.60. The molecule has 3 aromatic rings. The molecule has 0 spiro atoms. The van der Waals surface area contributed by atoms with Crippen LogP contribution in [0.3, 0.4) is 0 Å². The SMILES string of the molecule is CC(C)(C)C(=O)[C@@H](Oc1ccc(Cl)cc1)Oc1cccc2nonc12. The number of ketones is 1. The highest BCUT2D eigenvalue weighted by Crippen LogP contribution is 2.27. The van der Waals surface area contributed by atoms with E-state index in [4.69, 9.17) is 25.7 Å². The number of rotatable bonds is 5. The second-order valence-corrected chi connectivity index (χ2v) is 6.96. The van der Waals surface area contributed by atoms with E-state index in [0.717, 1.165) is 0 Å². The van der Waals surface area contributed by atoms with Crippen LogP contribution >= 0.6 is 11.6 Å². The van der Waals surface area contributed by atoms with Gasteiger partial charge in [0.1, 0.15) is 11.3 Å². The Morgan fingerprint density at radius 1 is 1.08 bits per heavy atom. The number of halogens is 1. The molecule has 7 heteroatoms. The van der Waals surface area contributed by atoms with E-state index in [1.165, 1.54) is 0 Å². The van der Waals surface area contributed by atoms with E-state index in [-0.39, 0.29) is 5.78 Å². The topological polar surface area (TPSA) is 74.5 Å². The number of hydrogen-bond donors (Lipinski definition) is 0. The van der Waals surface area contributed by atoms with Gasteiger partial charge < -0.3 is 9.47 Å². The van der Waals surface area contributed by atoms with Gasteiger partial charge >= 0.3 is 6.29 Å². The molecule has 0 radical (unpaired) electrons. The van der Waals surface area contributed by atoms with Crippen molar-refractivity contribution in [3.63, 3.8) is 0 Å². The third-order valence-electron chi connectivity index (χ3n) is 3.49. The van der Waals surface area contributed by atoms with Crippen molar-refractivity contribution < 1.29 is 18.9 Å². The number of carbonyl (C=O) groups is 1. The minimum absolute atomic E-state index is 0.212. The molecular formula is C18H17ClN2O4. The summed E-state index contributed by atoms with van der Waals surface area (Å²) in [5.74, 6) is 0.615. The number of Topliss-reactive ketones (excluding diaryl/α,β-unsaturated/α-hetero) is 1. The molecule has 0 aliphatic heterocycles. The minimum atomic E-state index is -1.15. The lowest BCUT2D eigenvalue weighted by molar-refractivity contribution is -0.146. The van der Waals surface area contributed by atoms with Crippen LogP contribution < -0.4 is 9.47 Å². The summed E-state index contributed by atoms with van der Waals surface area (Å²) < 4.78 is 16.3. The van der Waals surface area contributed by atoms with Gasteiger partial charge in [0.2, 0.25) is 5.78 Å². The van der Waals surface area contributed by atoms with E-state index in [9.17, 15) is 4.79 Å². The molecule has 2 aromatic carbocycles. The molecule has 3 rings (SSSR count). The lowest BCUT2D eigenvalue weighted by atomic mass is 9.90. The molecule has 0 fully saturated rings. The van der Waals surface area contributed by atoms with Crippen molar-refractivity contribution >= 4 is 28.4 Å². The minimum Gasteiger partial charge on any atom is -0.448 e. The molecule has 25 heavy (non-hydrogen) atoms. The van der Waals surface area contributed by atoms with Crippen molar-refractivity contribution in [3.8, 4) is 11.5 Å². The molecule has 0 unspecified atom stereocenters. The fourth-order valence-corrected chi connectivity index (χ4v) is 2.24. The van der Waals surface area contributed by atoms with Crippen LogP contribution in [0.4, 0.5) is 0 Å². The van der Waals surface area contributed by atoms with Crippen molar-refractivity contribution in [2.45, 2.75) is 27.1 Å². The summed E-state index contributed by atoms with van der Waals surface area (Å²) in [4.78, 5) is 12.8. The third kappa shape index (κ3) is 3.91. The molecule has 0 saturated carbocycles. The summed E-state index contributed by atoms with van der Waals surface area (Å²) >= 11 is 5.89. The highest BCUT2D eigenvalue weighted by Gasteiger charge is 2.33. The third-order valence-corrected chi connectivity index (χ3v) is 3.75. The standard InChI is InChI=1S/C18H17ClN2O4/c1-18(2,3)16(22)17(23-12-9-7-11(19)8-10-12)24-14-6-4-5-13-15(14)21-25-20-13/h4-10,17H,1-3H3/t17-/m0/s1. The first kappa shape index (κ1) is 17.2. The summed E-state index contributed by atoms with van der Waals surface area (Å²) in [7, 11) is 0. The lowest BCUT2D eigenvalue weighted by Gasteiger charge is -2.25. The molecule has 130 valence electrons. The van der Waals surface area contributed by atoms with E-state index in [1.54, 1.807) is 63.2 Å². The predicted octanol–water partition coefficient (Wildman–Crippen LogP) is 4.28. The normalized spacial score (nSPS) is 12.8. The highest BCUT2D eigenvalue weighted by molar-refractivity contribution is 6.30. The summed E-state index contributed by atoms with van der Waals surface area (Å²) in [6.07, 6.45) is -1.15. The Morgan fingerprint density at radius 3 is 2.48 bits per heavy atom. The van der Waals surface area contributed by atoms with Gasteiger partial charge in [0.25, 0.3) is 0 Å². The smallest absolute Gasteiger partial charge is 0.301 e. The summed E-state index contributed by atoms with van der Waals surface area (Å²) in [5.41, 5.74) is 0.299. The van der Waals surface area contributed by atoms with Crippen LogP contribution in [0.1, 0.15) is 20.8 Å².